The van der Waals surface area contributed by atoms with Crippen LogP contribution < -0.4 is 14.8 Å². The standard InChI is InChI=1S/C16H13BrN2O4S/c1-4-5-23-14-11(17)6-10(7-12(14)22-3)8-13-15(21)19-16(24-13)18-9(2)20/h1,6-8H,5H2,2-3H3,(H,18,19,20,21). The topological polar surface area (TPSA) is 77.0 Å². The summed E-state index contributed by atoms with van der Waals surface area (Å²) in [6.45, 7) is 1.46. The van der Waals surface area contributed by atoms with E-state index in [4.69, 9.17) is 15.9 Å². The summed E-state index contributed by atoms with van der Waals surface area (Å²) in [5, 5.41) is 2.76. The second-order valence-electron chi connectivity index (χ2n) is 4.54. The van der Waals surface area contributed by atoms with Gasteiger partial charge in [0.25, 0.3) is 5.91 Å². The molecule has 0 atom stereocenters. The normalized spacial score (nSPS) is 15.0. The summed E-state index contributed by atoms with van der Waals surface area (Å²) in [5.41, 5.74) is 0.710. The Hall–Kier alpha value is -2.24. The molecule has 0 bridgehead atoms. The van der Waals surface area contributed by atoms with Crippen molar-refractivity contribution in [2.75, 3.05) is 13.7 Å². The number of nitrogens with one attached hydrogen (secondary N) is 1. The number of hydrogen-bond donors (Lipinski definition) is 1. The van der Waals surface area contributed by atoms with Crippen molar-refractivity contribution in [1.82, 2.24) is 5.32 Å². The van der Waals surface area contributed by atoms with Crippen LogP contribution in [0.1, 0.15) is 12.5 Å². The molecule has 1 aliphatic rings. The summed E-state index contributed by atoms with van der Waals surface area (Å²) >= 11 is 4.49. The van der Waals surface area contributed by atoms with Crippen molar-refractivity contribution < 1.29 is 19.1 Å². The van der Waals surface area contributed by atoms with E-state index in [1.807, 2.05) is 0 Å². The quantitative estimate of drug-likeness (QED) is 0.611. The van der Waals surface area contributed by atoms with Crippen LogP contribution in [-0.2, 0) is 9.59 Å². The molecule has 6 nitrogen and oxygen atoms in total. The number of amidine groups is 1. The summed E-state index contributed by atoms with van der Waals surface area (Å²) < 4.78 is 11.4. The summed E-state index contributed by atoms with van der Waals surface area (Å²) in [7, 11) is 1.51. The van der Waals surface area contributed by atoms with Crippen LogP contribution in [0.25, 0.3) is 6.08 Å². The first-order chi connectivity index (χ1) is 11.4. The van der Waals surface area contributed by atoms with Crippen LogP contribution in [0.5, 0.6) is 11.5 Å². The number of carbonyl (C=O) groups is 2. The Morgan fingerprint density at radius 2 is 2.29 bits per heavy atom. The van der Waals surface area contributed by atoms with Crippen LogP contribution in [0.3, 0.4) is 0 Å². The Morgan fingerprint density at radius 1 is 1.54 bits per heavy atom. The van der Waals surface area contributed by atoms with Gasteiger partial charge in [0.1, 0.15) is 6.61 Å². The number of benzene rings is 1. The molecular formula is C16H13BrN2O4S. The zero-order chi connectivity index (χ0) is 17.7. The van der Waals surface area contributed by atoms with E-state index in [0.717, 1.165) is 11.8 Å². The van der Waals surface area contributed by atoms with E-state index >= 15 is 0 Å². The minimum absolute atomic E-state index is 0.109. The van der Waals surface area contributed by atoms with Crippen molar-refractivity contribution in [2.45, 2.75) is 6.92 Å². The molecule has 0 unspecified atom stereocenters. The number of amides is 2. The zero-order valence-electron chi connectivity index (χ0n) is 12.9. The van der Waals surface area contributed by atoms with Gasteiger partial charge in [-0.25, -0.2) is 0 Å². The van der Waals surface area contributed by atoms with E-state index in [1.165, 1.54) is 14.0 Å². The smallest absolute Gasteiger partial charge is 0.286 e. The van der Waals surface area contributed by atoms with Crippen molar-refractivity contribution in [3.63, 3.8) is 0 Å². The van der Waals surface area contributed by atoms with Gasteiger partial charge in [-0.3, -0.25) is 9.59 Å². The molecule has 0 aliphatic carbocycles. The summed E-state index contributed by atoms with van der Waals surface area (Å²) in [4.78, 5) is 27.1. The molecule has 0 saturated carbocycles. The number of methoxy groups -OCH3 is 1. The van der Waals surface area contributed by atoms with Gasteiger partial charge >= 0.3 is 0 Å². The molecule has 1 heterocycles. The summed E-state index contributed by atoms with van der Waals surface area (Å²) in [6, 6.07) is 3.49. The lowest BCUT2D eigenvalue weighted by Gasteiger charge is -2.12. The number of thioether (sulfide) groups is 1. The van der Waals surface area contributed by atoms with Crippen molar-refractivity contribution in [3.8, 4) is 23.8 Å². The number of rotatable bonds is 4. The van der Waals surface area contributed by atoms with E-state index < -0.39 is 5.91 Å². The molecular weight excluding hydrogens is 396 g/mol. The van der Waals surface area contributed by atoms with E-state index in [2.05, 4.69) is 32.2 Å². The third-order valence-electron chi connectivity index (χ3n) is 2.75. The highest BCUT2D eigenvalue weighted by atomic mass is 79.9. The highest BCUT2D eigenvalue weighted by molar-refractivity contribution is 9.10. The van der Waals surface area contributed by atoms with Gasteiger partial charge in [-0.05, 0) is 51.5 Å². The van der Waals surface area contributed by atoms with Gasteiger partial charge in [0.05, 0.1) is 16.5 Å². The van der Waals surface area contributed by atoms with Gasteiger partial charge in [-0.1, -0.05) is 5.92 Å². The molecule has 1 aromatic carbocycles. The second kappa shape index (κ2) is 8.04. The molecule has 0 spiro atoms. The van der Waals surface area contributed by atoms with Gasteiger partial charge in [0, 0.05) is 6.92 Å². The number of terminal acetylenes is 1. The van der Waals surface area contributed by atoms with Gasteiger partial charge in [-0.15, -0.1) is 6.42 Å². The first kappa shape index (κ1) is 18.1. The van der Waals surface area contributed by atoms with Crippen molar-refractivity contribution in [3.05, 3.63) is 27.1 Å². The highest BCUT2D eigenvalue weighted by Crippen LogP contribution is 2.38. The minimum atomic E-state index is -0.411. The molecule has 8 heteroatoms. The number of hydrogen-bond acceptors (Lipinski definition) is 5. The molecule has 0 aromatic heterocycles. The fourth-order valence-electron chi connectivity index (χ4n) is 1.84. The predicted octanol–water partition coefficient (Wildman–Crippen LogP) is 2.58. The average molecular weight is 409 g/mol. The van der Waals surface area contributed by atoms with Crippen molar-refractivity contribution >= 4 is 50.7 Å². The van der Waals surface area contributed by atoms with Crippen molar-refractivity contribution in [2.24, 2.45) is 4.99 Å². The zero-order valence-corrected chi connectivity index (χ0v) is 15.3. The predicted molar refractivity (Wildman–Crippen MR) is 96.8 cm³/mol. The van der Waals surface area contributed by atoms with Gasteiger partial charge in [0.15, 0.2) is 16.7 Å². The van der Waals surface area contributed by atoms with Gasteiger partial charge in [-0.2, -0.15) is 4.99 Å². The Labute approximate surface area is 151 Å². The molecule has 24 heavy (non-hydrogen) atoms. The molecule has 0 saturated heterocycles. The lowest BCUT2D eigenvalue weighted by molar-refractivity contribution is -0.117. The number of aliphatic imine (C=N–C) groups is 1. The molecule has 124 valence electrons. The van der Waals surface area contributed by atoms with Crippen LogP contribution in [0.15, 0.2) is 26.5 Å². The van der Waals surface area contributed by atoms with Crippen LogP contribution in [0, 0.1) is 12.3 Å². The minimum Gasteiger partial charge on any atom is -0.493 e. The number of nitrogens with zero attached hydrogens (tertiary/aromatic N) is 1. The van der Waals surface area contributed by atoms with E-state index in [-0.39, 0.29) is 17.7 Å². The first-order valence-corrected chi connectivity index (χ1v) is 8.29. The van der Waals surface area contributed by atoms with Crippen LogP contribution in [0.4, 0.5) is 0 Å². The Kier molecular flexibility index (Phi) is 6.06. The maximum atomic E-state index is 11.9. The molecule has 1 aromatic rings. The van der Waals surface area contributed by atoms with E-state index in [9.17, 15) is 9.59 Å². The molecule has 2 rings (SSSR count). The van der Waals surface area contributed by atoms with Gasteiger partial charge in [0.2, 0.25) is 5.91 Å². The van der Waals surface area contributed by atoms with E-state index in [0.29, 0.717) is 26.4 Å². The fraction of sp³-hybridized carbons (Fsp3) is 0.188. The first-order valence-electron chi connectivity index (χ1n) is 6.68. The molecule has 0 radical (unpaired) electrons. The number of halogens is 1. The monoisotopic (exact) mass is 408 g/mol. The third kappa shape index (κ3) is 4.40. The van der Waals surface area contributed by atoms with Crippen LogP contribution in [0.2, 0.25) is 0 Å². The van der Waals surface area contributed by atoms with Gasteiger partial charge < -0.3 is 14.8 Å². The SMILES string of the molecule is C#CCOc1c(Br)cc(C=C2SC(NC(C)=O)=NC2=O)cc1OC. The highest BCUT2D eigenvalue weighted by Gasteiger charge is 2.23. The lowest BCUT2D eigenvalue weighted by atomic mass is 10.2. The second-order valence-corrected chi connectivity index (χ2v) is 6.43. The molecule has 0 fully saturated rings. The Balaban J connectivity index is 2.28. The van der Waals surface area contributed by atoms with Crippen LogP contribution in [-0.4, -0.2) is 30.7 Å². The maximum absolute atomic E-state index is 11.9. The third-order valence-corrected chi connectivity index (χ3v) is 4.24. The molecule has 1 aliphatic heterocycles. The summed E-state index contributed by atoms with van der Waals surface area (Å²) in [5.74, 6) is 2.65. The number of ether oxygens (including phenoxy) is 2. The average Bonchev–Trinajstić information content (AvgIpc) is 2.84. The summed E-state index contributed by atoms with van der Waals surface area (Å²) in [6.07, 6.45) is 6.85. The molecule has 2 amide bonds. The largest absolute Gasteiger partial charge is 0.493 e. The maximum Gasteiger partial charge on any atom is 0.286 e. The van der Waals surface area contributed by atoms with Crippen LogP contribution >= 0.6 is 27.7 Å². The fourth-order valence-corrected chi connectivity index (χ4v) is 3.28. The Morgan fingerprint density at radius 3 is 2.92 bits per heavy atom. The lowest BCUT2D eigenvalue weighted by Crippen LogP contribution is -2.23. The number of carbonyl (C=O) groups excluding carboxylic acids is 2. The Bertz CT molecular complexity index is 796. The van der Waals surface area contributed by atoms with E-state index in [1.54, 1.807) is 18.2 Å². The molecule has 1 N–H and O–H groups in total. The van der Waals surface area contributed by atoms with Crippen molar-refractivity contribution in [1.29, 1.82) is 0 Å².